The Balaban J connectivity index is 0.000000274. The first-order chi connectivity index (χ1) is 16.9. The van der Waals surface area contributed by atoms with Crippen molar-refractivity contribution in [1.29, 1.82) is 5.26 Å². The van der Waals surface area contributed by atoms with Crippen LogP contribution in [0.1, 0.15) is 61.0 Å². The molecule has 0 unspecified atom stereocenters. The number of hydrogen-bond donors (Lipinski definition) is 0. The fourth-order valence-corrected chi connectivity index (χ4v) is 3.66. The van der Waals surface area contributed by atoms with Crippen molar-refractivity contribution in [3.8, 4) is 6.07 Å². The van der Waals surface area contributed by atoms with E-state index in [0.717, 1.165) is 42.2 Å². The maximum atomic E-state index is 12.2. The van der Waals surface area contributed by atoms with Gasteiger partial charge in [-0.25, -0.2) is 0 Å². The first-order valence-corrected chi connectivity index (χ1v) is 12.3. The van der Waals surface area contributed by atoms with Gasteiger partial charge in [-0.3, -0.25) is 4.90 Å². The Labute approximate surface area is 218 Å². The molecule has 0 radical (unpaired) electrons. The predicted octanol–water partition coefficient (Wildman–Crippen LogP) is 8.85. The molecule has 2 aromatic carbocycles. The van der Waals surface area contributed by atoms with Gasteiger partial charge in [-0.05, 0) is 74.7 Å². The minimum Gasteiger partial charge on any atom is -0.465 e. The molecule has 3 rings (SSSR count). The standard InChI is InChI=1S/C12H21NO.C9H9F3.C8H6ClN/c1-5-10(2)8-13(4)9-12-7-6-11(3)14-12;1-2-7-5-3-4-6-8(7)9(10,11)12;1-6-2-3-7(5-10)8(9)4-6/h6-7,10H,5,8-9H2,1-4H3;3-6H,2H2,1H3;2-4H,1H3/t10-;;/m0../s1. The van der Waals surface area contributed by atoms with Gasteiger partial charge in [0.2, 0.25) is 0 Å². The second-order valence-electron chi connectivity index (χ2n) is 8.83. The Kier molecular flexibility index (Phi) is 13.4. The van der Waals surface area contributed by atoms with Gasteiger partial charge >= 0.3 is 6.18 Å². The maximum Gasteiger partial charge on any atom is 0.416 e. The molecule has 0 saturated heterocycles. The van der Waals surface area contributed by atoms with Gasteiger partial charge in [-0.2, -0.15) is 18.4 Å². The van der Waals surface area contributed by atoms with Crippen LogP contribution < -0.4 is 0 Å². The summed E-state index contributed by atoms with van der Waals surface area (Å²) in [7, 11) is 2.14. The van der Waals surface area contributed by atoms with Gasteiger partial charge in [0.25, 0.3) is 0 Å². The molecule has 0 fully saturated rings. The molecule has 1 atom stereocenters. The lowest BCUT2D eigenvalue weighted by Crippen LogP contribution is -2.23. The summed E-state index contributed by atoms with van der Waals surface area (Å²) in [6.07, 6.45) is -2.57. The Morgan fingerprint density at radius 1 is 1.06 bits per heavy atom. The van der Waals surface area contributed by atoms with Crippen LogP contribution in [-0.2, 0) is 19.1 Å². The quantitative estimate of drug-likeness (QED) is 0.326. The summed E-state index contributed by atoms with van der Waals surface area (Å²) in [6, 6.07) is 17.1. The topological polar surface area (TPSA) is 40.2 Å². The Morgan fingerprint density at radius 3 is 2.19 bits per heavy atom. The fraction of sp³-hybridized carbons (Fsp3) is 0.414. The Bertz CT molecular complexity index is 1100. The smallest absolute Gasteiger partial charge is 0.416 e. The number of aryl methyl sites for hydroxylation is 3. The molecule has 0 spiro atoms. The third-order valence-corrected chi connectivity index (χ3v) is 5.80. The molecule has 0 aliphatic rings. The second kappa shape index (κ2) is 15.4. The lowest BCUT2D eigenvalue weighted by atomic mass is 10.1. The van der Waals surface area contributed by atoms with Crippen LogP contribution in [0.25, 0.3) is 0 Å². The van der Waals surface area contributed by atoms with E-state index in [1.54, 1.807) is 25.1 Å². The minimum absolute atomic E-state index is 0.352. The van der Waals surface area contributed by atoms with Gasteiger partial charge in [0.15, 0.2) is 0 Å². The van der Waals surface area contributed by atoms with Crippen molar-refractivity contribution >= 4 is 11.6 Å². The zero-order valence-corrected chi connectivity index (χ0v) is 22.7. The number of nitrogens with zero attached hydrogens (tertiary/aromatic N) is 2. The molecule has 0 N–H and O–H groups in total. The van der Waals surface area contributed by atoms with Crippen molar-refractivity contribution in [3.05, 3.63) is 93.4 Å². The van der Waals surface area contributed by atoms with Crippen LogP contribution in [0.5, 0.6) is 0 Å². The highest BCUT2D eigenvalue weighted by Gasteiger charge is 2.32. The number of hydrogen-bond acceptors (Lipinski definition) is 3. The van der Waals surface area contributed by atoms with E-state index in [0.29, 0.717) is 22.6 Å². The second-order valence-corrected chi connectivity index (χ2v) is 9.23. The average Bonchev–Trinajstić information content (AvgIpc) is 3.23. The van der Waals surface area contributed by atoms with E-state index in [1.165, 1.54) is 18.6 Å². The summed E-state index contributed by atoms with van der Waals surface area (Å²) in [5.74, 6) is 2.82. The SMILES string of the molecule is CC[C@H](C)CN(C)Cc1ccc(C)o1.CCc1ccccc1C(F)(F)F.Cc1ccc(C#N)c(Cl)c1. The number of nitriles is 1. The molecule has 0 amide bonds. The molecule has 196 valence electrons. The van der Waals surface area contributed by atoms with Crippen molar-refractivity contribution < 1.29 is 17.6 Å². The minimum atomic E-state index is -4.22. The maximum absolute atomic E-state index is 12.2. The normalized spacial score (nSPS) is 11.6. The van der Waals surface area contributed by atoms with E-state index in [-0.39, 0.29) is 0 Å². The molecule has 1 aromatic heterocycles. The van der Waals surface area contributed by atoms with Crippen LogP contribution in [0.4, 0.5) is 13.2 Å². The summed E-state index contributed by atoms with van der Waals surface area (Å²) >= 11 is 5.71. The number of rotatable bonds is 6. The first kappa shape index (κ1) is 31.3. The van der Waals surface area contributed by atoms with Crippen LogP contribution in [-0.4, -0.2) is 18.5 Å². The molecule has 0 aliphatic heterocycles. The van der Waals surface area contributed by atoms with Gasteiger partial charge < -0.3 is 4.42 Å². The lowest BCUT2D eigenvalue weighted by Gasteiger charge is -2.18. The highest BCUT2D eigenvalue weighted by molar-refractivity contribution is 6.31. The van der Waals surface area contributed by atoms with Crippen molar-refractivity contribution in [1.82, 2.24) is 4.90 Å². The van der Waals surface area contributed by atoms with Crippen molar-refractivity contribution in [2.24, 2.45) is 5.92 Å². The highest BCUT2D eigenvalue weighted by atomic mass is 35.5. The first-order valence-electron chi connectivity index (χ1n) is 12.0. The Hall–Kier alpha value is -2.75. The zero-order chi connectivity index (χ0) is 27.3. The molecule has 3 aromatic rings. The number of benzene rings is 2. The molecular formula is C29H36ClF3N2O. The molecule has 36 heavy (non-hydrogen) atoms. The molecule has 0 bridgehead atoms. The third-order valence-electron chi connectivity index (χ3n) is 5.49. The summed E-state index contributed by atoms with van der Waals surface area (Å²) in [4.78, 5) is 2.31. The van der Waals surface area contributed by atoms with E-state index in [9.17, 15) is 13.2 Å². The lowest BCUT2D eigenvalue weighted by molar-refractivity contribution is -0.138. The van der Waals surface area contributed by atoms with E-state index >= 15 is 0 Å². The van der Waals surface area contributed by atoms with Crippen LogP contribution in [0.2, 0.25) is 5.02 Å². The van der Waals surface area contributed by atoms with Crippen LogP contribution in [0.15, 0.2) is 59.0 Å². The number of halogens is 4. The van der Waals surface area contributed by atoms with E-state index in [1.807, 2.05) is 32.0 Å². The van der Waals surface area contributed by atoms with Gasteiger partial charge in [0.05, 0.1) is 22.7 Å². The van der Waals surface area contributed by atoms with Crippen molar-refractivity contribution in [3.63, 3.8) is 0 Å². The third kappa shape index (κ3) is 11.3. The van der Waals surface area contributed by atoms with Gasteiger partial charge in [0, 0.05) is 6.54 Å². The highest BCUT2D eigenvalue weighted by Crippen LogP contribution is 2.31. The van der Waals surface area contributed by atoms with Gasteiger partial charge in [-0.15, -0.1) is 0 Å². The predicted molar refractivity (Wildman–Crippen MR) is 141 cm³/mol. The average molecular weight is 521 g/mol. The summed E-state index contributed by atoms with van der Waals surface area (Å²) in [5, 5.41) is 9.00. The van der Waals surface area contributed by atoms with Gasteiger partial charge in [-0.1, -0.05) is 63.1 Å². The molecule has 3 nitrogen and oxygen atoms in total. The van der Waals surface area contributed by atoms with Gasteiger partial charge in [0.1, 0.15) is 17.6 Å². The molecule has 0 aliphatic carbocycles. The summed E-state index contributed by atoms with van der Waals surface area (Å²) < 4.78 is 42.2. The zero-order valence-electron chi connectivity index (χ0n) is 21.9. The van der Waals surface area contributed by atoms with E-state index in [4.69, 9.17) is 21.3 Å². The summed E-state index contributed by atoms with van der Waals surface area (Å²) in [5.41, 5.74) is 1.44. The van der Waals surface area contributed by atoms with E-state index < -0.39 is 11.7 Å². The van der Waals surface area contributed by atoms with Crippen LogP contribution in [0, 0.1) is 31.1 Å². The Morgan fingerprint density at radius 2 is 1.72 bits per heavy atom. The number of furan rings is 1. The van der Waals surface area contributed by atoms with E-state index in [2.05, 4.69) is 31.9 Å². The number of alkyl halides is 3. The van der Waals surface area contributed by atoms with Crippen LogP contribution in [0.3, 0.4) is 0 Å². The summed E-state index contributed by atoms with van der Waals surface area (Å²) in [6.45, 7) is 12.2. The molecule has 0 saturated carbocycles. The molecular weight excluding hydrogens is 485 g/mol. The monoisotopic (exact) mass is 520 g/mol. The fourth-order valence-electron chi connectivity index (χ4n) is 3.38. The van der Waals surface area contributed by atoms with Crippen molar-refractivity contribution in [2.45, 2.75) is 60.2 Å². The largest absolute Gasteiger partial charge is 0.465 e. The van der Waals surface area contributed by atoms with Crippen molar-refractivity contribution in [2.75, 3.05) is 13.6 Å². The molecule has 1 heterocycles. The van der Waals surface area contributed by atoms with Crippen LogP contribution >= 0.6 is 11.6 Å². The molecule has 7 heteroatoms.